The van der Waals surface area contributed by atoms with Crippen LogP contribution in [0.15, 0.2) is 73.6 Å². The number of nitrogens with zero attached hydrogens (tertiary/aromatic N) is 11. The summed E-state index contributed by atoms with van der Waals surface area (Å²) in [4.78, 5) is 44.0. The lowest BCUT2D eigenvalue weighted by molar-refractivity contribution is 0.488. The highest BCUT2D eigenvalue weighted by atomic mass is 15.2. The van der Waals surface area contributed by atoms with Crippen LogP contribution < -0.4 is 21.3 Å². The van der Waals surface area contributed by atoms with Crippen LogP contribution in [0.2, 0.25) is 0 Å². The molecule has 238 valence electrons. The molecule has 0 spiro atoms. The minimum atomic E-state index is 0.320. The van der Waals surface area contributed by atoms with E-state index < -0.39 is 0 Å². The van der Waals surface area contributed by atoms with Crippen molar-refractivity contribution in [3.63, 3.8) is 0 Å². The summed E-state index contributed by atoms with van der Waals surface area (Å²) < 4.78 is 0. The Labute approximate surface area is 272 Å². The number of fused-ring (bicyclic) bond motifs is 2. The SMILES string of the molecule is Cc1ccnc(C2CCCN(c3ccc4ncnc(N)c4n3)C2)n1.Nc1ncnc2ccc(N3CCCC(c4ccccn4)C3)nc12. The van der Waals surface area contributed by atoms with Gasteiger partial charge >= 0.3 is 0 Å². The van der Waals surface area contributed by atoms with E-state index in [9.17, 15) is 0 Å². The zero-order chi connectivity index (χ0) is 32.2. The summed E-state index contributed by atoms with van der Waals surface area (Å²) >= 11 is 0. The van der Waals surface area contributed by atoms with E-state index in [1.54, 1.807) is 0 Å². The average Bonchev–Trinajstić information content (AvgIpc) is 3.12. The Morgan fingerprint density at radius 2 is 1.23 bits per heavy atom. The summed E-state index contributed by atoms with van der Waals surface area (Å²) in [5, 5.41) is 0. The predicted molar refractivity (Wildman–Crippen MR) is 183 cm³/mol. The second kappa shape index (κ2) is 13.4. The molecular formula is C34H37N13. The topological polar surface area (TPSA) is 175 Å². The summed E-state index contributed by atoms with van der Waals surface area (Å²) in [5.74, 6) is 4.35. The monoisotopic (exact) mass is 627 g/mol. The molecule has 2 saturated heterocycles. The Hall–Kier alpha value is -5.59. The third-order valence-electron chi connectivity index (χ3n) is 8.77. The maximum atomic E-state index is 5.94. The van der Waals surface area contributed by atoms with Crippen molar-refractivity contribution in [3.05, 3.63) is 90.8 Å². The molecule has 2 atom stereocenters. The largest absolute Gasteiger partial charge is 0.382 e. The average molecular weight is 628 g/mol. The van der Waals surface area contributed by atoms with Crippen LogP contribution in [0.25, 0.3) is 22.1 Å². The molecule has 0 bridgehead atoms. The fraction of sp³-hybridized carbons (Fsp3) is 0.324. The van der Waals surface area contributed by atoms with Crippen LogP contribution in [0.1, 0.15) is 54.7 Å². The molecule has 8 heterocycles. The van der Waals surface area contributed by atoms with Gasteiger partial charge in [0.05, 0.1) is 11.0 Å². The summed E-state index contributed by atoms with van der Waals surface area (Å²) in [5.41, 5.74) is 16.9. The molecule has 2 aliphatic heterocycles. The van der Waals surface area contributed by atoms with Gasteiger partial charge in [0.1, 0.15) is 41.1 Å². The molecule has 0 aliphatic carbocycles. The highest BCUT2D eigenvalue weighted by Gasteiger charge is 2.25. The van der Waals surface area contributed by atoms with Crippen LogP contribution in [0, 0.1) is 6.92 Å². The fourth-order valence-electron chi connectivity index (χ4n) is 6.35. The molecule has 13 nitrogen and oxygen atoms in total. The van der Waals surface area contributed by atoms with Crippen LogP contribution >= 0.6 is 0 Å². The van der Waals surface area contributed by atoms with E-state index in [0.717, 1.165) is 91.7 Å². The fourth-order valence-corrected chi connectivity index (χ4v) is 6.35. The van der Waals surface area contributed by atoms with E-state index in [0.29, 0.717) is 34.5 Å². The number of nitrogens with two attached hydrogens (primary N) is 2. The van der Waals surface area contributed by atoms with Gasteiger partial charge < -0.3 is 21.3 Å². The molecule has 8 rings (SSSR count). The summed E-state index contributed by atoms with van der Waals surface area (Å²) in [6, 6.07) is 15.9. The zero-order valence-corrected chi connectivity index (χ0v) is 26.3. The minimum Gasteiger partial charge on any atom is -0.382 e. The molecule has 2 unspecified atom stereocenters. The molecule has 13 heteroatoms. The number of hydrogen-bond donors (Lipinski definition) is 2. The van der Waals surface area contributed by atoms with Crippen molar-refractivity contribution in [3.8, 4) is 0 Å². The third kappa shape index (κ3) is 6.69. The van der Waals surface area contributed by atoms with Crippen LogP contribution in [0.5, 0.6) is 0 Å². The predicted octanol–water partition coefficient (Wildman–Crippen LogP) is 4.48. The molecule has 6 aromatic rings. The molecule has 2 fully saturated rings. The summed E-state index contributed by atoms with van der Waals surface area (Å²) in [6.07, 6.45) is 11.1. The van der Waals surface area contributed by atoms with Gasteiger partial charge in [0.2, 0.25) is 0 Å². The Kier molecular flexibility index (Phi) is 8.58. The molecule has 6 aromatic heterocycles. The maximum absolute atomic E-state index is 5.94. The molecule has 0 saturated carbocycles. The van der Waals surface area contributed by atoms with Crippen LogP contribution in [-0.4, -0.2) is 71.0 Å². The Morgan fingerprint density at radius 3 is 1.83 bits per heavy atom. The molecule has 47 heavy (non-hydrogen) atoms. The standard InChI is InChI=1S/C17H19N7.C17H18N6/c1-11-6-7-19-17(22-11)12-3-2-8-24(9-12)14-5-4-13-15(23-14)16(18)21-10-20-13;18-17-16-14(20-11-21-17)6-7-15(22-16)23-9-3-4-12(10-23)13-5-1-2-8-19-13/h4-7,10,12H,2-3,8-9H2,1H3,(H2,18,20,21);1-2,5-8,11-12H,3-4,9-10H2,(H2,18,20,21). The van der Waals surface area contributed by atoms with Crippen molar-refractivity contribution in [2.75, 3.05) is 47.4 Å². The first-order valence-corrected chi connectivity index (χ1v) is 16.0. The van der Waals surface area contributed by atoms with Crippen LogP contribution in [0.4, 0.5) is 23.3 Å². The van der Waals surface area contributed by atoms with Gasteiger partial charge in [0.15, 0.2) is 11.6 Å². The van der Waals surface area contributed by atoms with E-state index in [4.69, 9.17) is 11.5 Å². The van der Waals surface area contributed by atoms with Crippen molar-refractivity contribution < 1.29 is 0 Å². The van der Waals surface area contributed by atoms with Gasteiger partial charge in [-0.2, -0.15) is 0 Å². The highest BCUT2D eigenvalue weighted by Crippen LogP contribution is 2.30. The second-order valence-electron chi connectivity index (χ2n) is 12.0. The number of rotatable bonds is 4. The molecule has 0 amide bonds. The lowest BCUT2D eigenvalue weighted by atomic mass is 9.94. The van der Waals surface area contributed by atoms with Crippen molar-refractivity contribution in [2.45, 2.75) is 44.4 Å². The van der Waals surface area contributed by atoms with E-state index in [1.165, 1.54) is 12.7 Å². The molecular weight excluding hydrogens is 590 g/mol. The Bertz CT molecular complexity index is 1990. The Balaban J connectivity index is 0.000000150. The maximum Gasteiger partial charge on any atom is 0.153 e. The van der Waals surface area contributed by atoms with Gasteiger partial charge in [-0.05, 0) is 75.1 Å². The van der Waals surface area contributed by atoms with Gasteiger partial charge in [0.25, 0.3) is 0 Å². The minimum absolute atomic E-state index is 0.320. The molecule has 0 radical (unpaired) electrons. The lowest BCUT2D eigenvalue weighted by Gasteiger charge is -2.33. The zero-order valence-electron chi connectivity index (χ0n) is 26.3. The number of nitrogen functional groups attached to an aromatic ring is 2. The van der Waals surface area contributed by atoms with E-state index in [1.807, 2.05) is 61.8 Å². The van der Waals surface area contributed by atoms with Crippen molar-refractivity contribution in [1.29, 1.82) is 0 Å². The molecule has 0 aromatic carbocycles. The highest BCUT2D eigenvalue weighted by molar-refractivity contribution is 5.85. The summed E-state index contributed by atoms with van der Waals surface area (Å²) in [6.45, 7) is 5.74. The number of anilines is 4. The number of hydrogen-bond acceptors (Lipinski definition) is 13. The van der Waals surface area contributed by atoms with Gasteiger partial charge in [0, 0.05) is 61.8 Å². The van der Waals surface area contributed by atoms with Crippen LogP contribution in [-0.2, 0) is 0 Å². The van der Waals surface area contributed by atoms with Gasteiger partial charge in [-0.1, -0.05) is 6.07 Å². The number of pyridine rings is 3. The first kappa shape index (κ1) is 30.1. The molecule has 2 aliphatic rings. The number of aryl methyl sites for hydroxylation is 1. The first-order valence-electron chi connectivity index (χ1n) is 16.0. The van der Waals surface area contributed by atoms with Crippen molar-refractivity contribution in [1.82, 2.24) is 44.9 Å². The normalized spacial score (nSPS) is 18.1. The summed E-state index contributed by atoms with van der Waals surface area (Å²) in [7, 11) is 0. The van der Waals surface area contributed by atoms with E-state index in [-0.39, 0.29) is 0 Å². The van der Waals surface area contributed by atoms with Gasteiger partial charge in [-0.25, -0.2) is 39.9 Å². The smallest absolute Gasteiger partial charge is 0.153 e. The van der Waals surface area contributed by atoms with E-state index in [2.05, 4.69) is 60.7 Å². The van der Waals surface area contributed by atoms with Crippen molar-refractivity contribution in [2.24, 2.45) is 0 Å². The van der Waals surface area contributed by atoms with Crippen molar-refractivity contribution >= 4 is 45.3 Å². The van der Waals surface area contributed by atoms with Crippen LogP contribution in [0.3, 0.4) is 0 Å². The number of aromatic nitrogens is 9. The lowest BCUT2D eigenvalue weighted by Crippen LogP contribution is -2.35. The molecule has 4 N–H and O–H groups in total. The van der Waals surface area contributed by atoms with Gasteiger partial charge in [-0.15, -0.1) is 0 Å². The second-order valence-corrected chi connectivity index (χ2v) is 12.0. The quantitative estimate of drug-likeness (QED) is 0.280. The van der Waals surface area contributed by atoms with E-state index >= 15 is 0 Å². The third-order valence-corrected chi connectivity index (χ3v) is 8.77. The van der Waals surface area contributed by atoms with Gasteiger partial charge in [-0.3, -0.25) is 4.98 Å². The first-order chi connectivity index (χ1) is 23.0. The Morgan fingerprint density at radius 1 is 0.617 bits per heavy atom. The number of piperidine rings is 2.